The second-order valence-electron chi connectivity index (χ2n) is 10.1. The van der Waals surface area contributed by atoms with E-state index in [-0.39, 0.29) is 37.4 Å². The highest BCUT2D eigenvalue weighted by atomic mass is 16.6. The van der Waals surface area contributed by atoms with Gasteiger partial charge in [-0.25, -0.2) is 0 Å². The number of likely N-dealkylation sites (tertiary alicyclic amines) is 1. The molecule has 4 rings (SSSR count). The highest BCUT2D eigenvalue weighted by Crippen LogP contribution is 2.53. The summed E-state index contributed by atoms with van der Waals surface area (Å²) in [7, 11) is 0. The van der Waals surface area contributed by atoms with Gasteiger partial charge in [0.15, 0.2) is 0 Å². The van der Waals surface area contributed by atoms with Gasteiger partial charge in [-0.15, -0.1) is 0 Å². The molecule has 4 aliphatic heterocycles. The normalized spacial score (nSPS) is 37.5. The molecule has 2 N–H and O–H groups in total. The van der Waals surface area contributed by atoms with Crippen LogP contribution in [0.5, 0.6) is 0 Å². The third-order valence-electron chi connectivity index (χ3n) is 7.37. The Bertz CT molecular complexity index is 947. The molecule has 10 nitrogen and oxygen atoms in total. The summed E-state index contributed by atoms with van der Waals surface area (Å²) in [6.07, 6.45) is 6.35. The SMILES string of the molecule is CC(C)N1CC=C[C@]23O[C@@H]4/C=C\CCC(=O)NC[C@@H](C)OC(=O)[C@@H]4[C@H]2C(=O)N([C@H](C)CO)[C@@H]3C1=O. The predicted molar refractivity (Wildman–Crippen MR) is 125 cm³/mol. The number of nitrogens with zero attached hydrogens (tertiary/aromatic N) is 2. The molecule has 7 atom stereocenters. The Morgan fingerprint density at radius 3 is 2.60 bits per heavy atom. The van der Waals surface area contributed by atoms with Gasteiger partial charge >= 0.3 is 5.97 Å². The molecule has 192 valence electrons. The molecule has 0 saturated carbocycles. The summed E-state index contributed by atoms with van der Waals surface area (Å²) < 4.78 is 12.2. The Labute approximate surface area is 205 Å². The first-order valence-electron chi connectivity index (χ1n) is 12.3. The summed E-state index contributed by atoms with van der Waals surface area (Å²) in [4.78, 5) is 56.3. The van der Waals surface area contributed by atoms with Crippen molar-refractivity contribution in [3.63, 3.8) is 0 Å². The molecule has 0 aromatic rings. The third kappa shape index (κ3) is 4.27. The summed E-state index contributed by atoms with van der Waals surface area (Å²) in [6, 6.07) is -1.78. The Morgan fingerprint density at radius 2 is 1.91 bits per heavy atom. The van der Waals surface area contributed by atoms with Crippen LogP contribution in [0.3, 0.4) is 0 Å². The summed E-state index contributed by atoms with van der Waals surface area (Å²) in [5.41, 5.74) is -1.38. The second kappa shape index (κ2) is 9.73. The van der Waals surface area contributed by atoms with Crippen LogP contribution in [0.1, 0.15) is 40.5 Å². The number of fused-ring (bicyclic) bond motifs is 2. The van der Waals surface area contributed by atoms with Crippen LogP contribution >= 0.6 is 0 Å². The molecule has 2 saturated heterocycles. The van der Waals surface area contributed by atoms with Gasteiger partial charge in [0.25, 0.3) is 0 Å². The van der Waals surface area contributed by atoms with Crippen molar-refractivity contribution < 1.29 is 33.8 Å². The van der Waals surface area contributed by atoms with Crippen molar-refractivity contribution in [3.05, 3.63) is 24.3 Å². The summed E-state index contributed by atoms with van der Waals surface area (Å²) in [6.45, 7) is 7.33. The number of allylic oxidation sites excluding steroid dienone is 1. The zero-order valence-electron chi connectivity index (χ0n) is 20.7. The number of aliphatic hydroxyl groups is 1. The number of carbonyl (C=O) groups excluding carboxylic acids is 4. The molecule has 0 radical (unpaired) electrons. The molecule has 1 spiro atoms. The average molecular weight is 490 g/mol. The van der Waals surface area contributed by atoms with E-state index in [2.05, 4.69) is 5.32 Å². The molecular weight excluding hydrogens is 454 g/mol. The van der Waals surface area contributed by atoms with E-state index in [1.54, 1.807) is 37.0 Å². The van der Waals surface area contributed by atoms with E-state index >= 15 is 0 Å². The van der Waals surface area contributed by atoms with Crippen LogP contribution in [-0.2, 0) is 28.7 Å². The Kier molecular flexibility index (Phi) is 7.06. The van der Waals surface area contributed by atoms with Gasteiger partial charge in [0.2, 0.25) is 17.7 Å². The van der Waals surface area contributed by atoms with Crippen molar-refractivity contribution in [2.45, 2.75) is 76.5 Å². The van der Waals surface area contributed by atoms with Gasteiger partial charge in [0.1, 0.15) is 23.7 Å². The van der Waals surface area contributed by atoms with Crippen LogP contribution in [0, 0.1) is 11.8 Å². The van der Waals surface area contributed by atoms with E-state index < -0.39 is 53.6 Å². The lowest BCUT2D eigenvalue weighted by Gasteiger charge is -2.38. The van der Waals surface area contributed by atoms with Crippen molar-refractivity contribution in [3.8, 4) is 0 Å². The quantitative estimate of drug-likeness (QED) is 0.427. The van der Waals surface area contributed by atoms with Crippen molar-refractivity contribution >= 4 is 23.7 Å². The van der Waals surface area contributed by atoms with Gasteiger partial charge in [0.05, 0.1) is 31.2 Å². The molecule has 35 heavy (non-hydrogen) atoms. The van der Waals surface area contributed by atoms with Crippen LogP contribution in [0.25, 0.3) is 0 Å². The van der Waals surface area contributed by atoms with Crippen molar-refractivity contribution in [2.24, 2.45) is 11.8 Å². The van der Waals surface area contributed by atoms with Gasteiger partial charge in [-0.05, 0) is 34.1 Å². The number of hydrogen-bond acceptors (Lipinski definition) is 7. The maximum absolute atomic E-state index is 13.9. The number of rotatable bonds is 3. The zero-order valence-corrected chi connectivity index (χ0v) is 20.7. The maximum Gasteiger partial charge on any atom is 0.313 e. The Morgan fingerprint density at radius 1 is 1.17 bits per heavy atom. The zero-order chi connectivity index (χ0) is 25.5. The Balaban J connectivity index is 1.82. The minimum absolute atomic E-state index is 0.118. The van der Waals surface area contributed by atoms with Gasteiger partial charge in [-0.1, -0.05) is 24.3 Å². The molecule has 3 amide bonds. The fourth-order valence-electron chi connectivity index (χ4n) is 5.65. The fraction of sp³-hybridized carbons (Fsp3) is 0.680. The summed E-state index contributed by atoms with van der Waals surface area (Å²) >= 11 is 0. The fourth-order valence-corrected chi connectivity index (χ4v) is 5.65. The van der Waals surface area contributed by atoms with E-state index in [4.69, 9.17) is 9.47 Å². The maximum atomic E-state index is 13.9. The van der Waals surface area contributed by atoms with Gasteiger partial charge in [0, 0.05) is 19.0 Å². The van der Waals surface area contributed by atoms with Crippen LogP contribution in [-0.4, -0.2) is 94.2 Å². The minimum atomic E-state index is -1.38. The molecule has 2 fully saturated rings. The highest BCUT2D eigenvalue weighted by molar-refractivity contribution is 5.99. The highest BCUT2D eigenvalue weighted by Gasteiger charge is 2.72. The first kappa shape index (κ1) is 25.4. The van der Waals surface area contributed by atoms with Crippen molar-refractivity contribution in [1.82, 2.24) is 15.1 Å². The van der Waals surface area contributed by atoms with E-state index in [1.165, 1.54) is 4.90 Å². The first-order valence-corrected chi connectivity index (χ1v) is 12.3. The van der Waals surface area contributed by atoms with Crippen LogP contribution in [0.15, 0.2) is 24.3 Å². The van der Waals surface area contributed by atoms with E-state index in [1.807, 2.05) is 19.9 Å². The number of cyclic esters (lactones) is 1. The van der Waals surface area contributed by atoms with Gasteiger partial charge in [-0.2, -0.15) is 0 Å². The van der Waals surface area contributed by atoms with Gasteiger partial charge in [-0.3, -0.25) is 19.2 Å². The third-order valence-corrected chi connectivity index (χ3v) is 7.37. The topological polar surface area (TPSA) is 125 Å². The average Bonchev–Trinajstić information content (AvgIpc) is 3.19. The molecule has 10 heteroatoms. The smallest absolute Gasteiger partial charge is 0.313 e. The molecule has 0 aromatic carbocycles. The number of hydrogen-bond donors (Lipinski definition) is 2. The number of aliphatic hydroxyl groups excluding tert-OH is 1. The van der Waals surface area contributed by atoms with E-state index in [0.29, 0.717) is 13.0 Å². The van der Waals surface area contributed by atoms with Crippen LogP contribution in [0.4, 0.5) is 0 Å². The molecule has 0 aliphatic carbocycles. The molecule has 0 bridgehead atoms. The predicted octanol–water partition coefficient (Wildman–Crippen LogP) is 0.153. The van der Waals surface area contributed by atoms with E-state index in [9.17, 15) is 24.3 Å². The number of amides is 3. The standard InChI is InChI=1S/C25H35N3O7/c1-14(2)27-11-7-10-25-20(22(31)28(15(3)13-29)21(25)23(27)32)19-17(35-25)8-5-6-9-18(30)26-12-16(4)34-24(19)33/h5,7-8,10,14-17,19-21,29H,6,9,11-13H2,1-4H3,(H,26,30)/b8-5-/t15-,16-,17-,19+,20+,21-,25+/m1/s1. The lowest BCUT2D eigenvalue weighted by Crippen LogP contribution is -2.58. The lowest BCUT2D eigenvalue weighted by molar-refractivity contribution is -0.159. The number of esters is 1. The molecule has 4 aliphatic rings. The van der Waals surface area contributed by atoms with Crippen LogP contribution < -0.4 is 5.32 Å². The number of ether oxygens (including phenoxy) is 2. The largest absolute Gasteiger partial charge is 0.460 e. The van der Waals surface area contributed by atoms with E-state index in [0.717, 1.165) is 0 Å². The lowest BCUT2D eigenvalue weighted by atomic mass is 9.78. The van der Waals surface area contributed by atoms with Crippen LogP contribution in [0.2, 0.25) is 0 Å². The first-order chi connectivity index (χ1) is 16.6. The molecular formula is C25H35N3O7. The summed E-state index contributed by atoms with van der Waals surface area (Å²) in [5.74, 6) is -3.41. The Hall–Kier alpha value is -2.72. The summed E-state index contributed by atoms with van der Waals surface area (Å²) in [5, 5.41) is 12.7. The van der Waals surface area contributed by atoms with Crippen molar-refractivity contribution in [1.29, 1.82) is 0 Å². The monoisotopic (exact) mass is 489 g/mol. The van der Waals surface area contributed by atoms with Crippen molar-refractivity contribution in [2.75, 3.05) is 19.7 Å². The van der Waals surface area contributed by atoms with Gasteiger partial charge < -0.3 is 29.7 Å². The second-order valence-corrected chi connectivity index (χ2v) is 10.1. The molecule has 0 unspecified atom stereocenters. The molecule has 0 aromatic heterocycles. The minimum Gasteiger partial charge on any atom is -0.460 e. The number of nitrogens with one attached hydrogen (secondary N) is 1. The molecule has 4 heterocycles. The number of carbonyl (C=O) groups is 4.